The van der Waals surface area contributed by atoms with Gasteiger partial charge in [-0.15, -0.1) is 0 Å². The van der Waals surface area contributed by atoms with Crippen LogP contribution in [0.3, 0.4) is 0 Å². The third-order valence-corrected chi connectivity index (χ3v) is 11.0. The fourth-order valence-corrected chi connectivity index (χ4v) is 6.97. The van der Waals surface area contributed by atoms with Crippen LogP contribution in [0.5, 0.6) is 0 Å². The van der Waals surface area contributed by atoms with Crippen LogP contribution in [0.1, 0.15) is 226 Å². The molecule has 0 radical (unpaired) electrons. The smallest absolute Gasteiger partial charge is 0.462 e. The lowest BCUT2D eigenvalue weighted by Gasteiger charge is -2.19. The maximum atomic E-state index is 12.5. The molecule has 0 saturated carbocycles. The minimum atomic E-state index is -4.26. The summed E-state index contributed by atoms with van der Waals surface area (Å²) in [5.41, 5.74) is 0. The average Bonchev–Trinajstić information content (AvgIpc) is 3.19. The number of carbonyl (C=O) groups excluding carboxylic acids is 2. The van der Waals surface area contributed by atoms with Gasteiger partial charge in [-0.3, -0.25) is 18.6 Å². The summed E-state index contributed by atoms with van der Waals surface area (Å²) in [6.45, 7) is 3.88. The molecule has 0 aliphatic heterocycles. The molecule has 0 aliphatic rings. The molecule has 0 aromatic carbocycles. The standard InChI is InChI=1S/C47H87O8P/c1-4-6-8-10-12-14-16-18-20-21-22-23-24-25-26-27-28-30-32-34-36-38-40-42-47(49)55-45(44-54-56(50,51)52-3)43-53-46(48)41-39-37-35-33-31-29-19-17-15-13-11-9-7-5-2/h16-19,21-22,45H,4-15,20,23-44H2,1-3H3,(H,50,51)/b18-16-,19-17-,22-21-. The summed E-state index contributed by atoms with van der Waals surface area (Å²) >= 11 is 0. The number of esters is 2. The van der Waals surface area contributed by atoms with Crippen molar-refractivity contribution in [2.45, 2.75) is 232 Å². The molecule has 8 nitrogen and oxygen atoms in total. The van der Waals surface area contributed by atoms with Gasteiger partial charge in [0.2, 0.25) is 0 Å². The summed E-state index contributed by atoms with van der Waals surface area (Å²) < 4.78 is 32.0. The van der Waals surface area contributed by atoms with Crippen molar-refractivity contribution in [3.8, 4) is 0 Å². The highest BCUT2D eigenvalue weighted by Crippen LogP contribution is 2.42. The Labute approximate surface area is 345 Å². The molecule has 56 heavy (non-hydrogen) atoms. The third kappa shape index (κ3) is 41.9. The Hall–Kier alpha value is -1.73. The number of carbonyl (C=O) groups is 2. The average molecular weight is 811 g/mol. The number of rotatable bonds is 43. The number of phosphoric ester groups is 1. The number of ether oxygens (including phenoxy) is 2. The predicted octanol–water partition coefficient (Wildman–Crippen LogP) is 14.8. The Morgan fingerprint density at radius 3 is 1.27 bits per heavy atom. The van der Waals surface area contributed by atoms with Gasteiger partial charge in [-0.25, -0.2) is 4.57 Å². The Bertz CT molecular complexity index is 1010. The van der Waals surface area contributed by atoms with Crippen molar-refractivity contribution in [2.24, 2.45) is 0 Å². The van der Waals surface area contributed by atoms with Gasteiger partial charge in [-0.2, -0.15) is 0 Å². The summed E-state index contributed by atoms with van der Waals surface area (Å²) in [6, 6.07) is 0. The lowest BCUT2D eigenvalue weighted by molar-refractivity contribution is -0.161. The molecule has 1 N–H and O–H groups in total. The van der Waals surface area contributed by atoms with Crippen LogP contribution in [-0.2, 0) is 32.7 Å². The number of phosphoric acid groups is 1. The molecule has 0 aromatic heterocycles. The first kappa shape index (κ1) is 54.3. The molecule has 0 bridgehead atoms. The van der Waals surface area contributed by atoms with Gasteiger partial charge in [0, 0.05) is 20.0 Å². The highest BCUT2D eigenvalue weighted by Gasteiger charge is 2.24. The van der Waals surface area contributed by atoms with Crippen LogP contribution in [0.2, 0.25) is 0 Å². The molecule has 0 fully saturated rings. The van der Waals surface area contributed by atoms with Crippen molar-refractivity contribution in [3.05, 3.63) is 36.5 Å². The van der Waals surface area contributed by atoms with Crippen molar-refractivity contribution >= 4 is 19.8 Å². The minimum Gasteiger partial charge on any atom is -0.462 e. The van der Waals surface area contributed by atoms with Crippen molar-refractivity contribution in [3.63, 3.8) is 0 Å². The second kappa shape index (κ2) is 42.9. The van der Waals surface area contributed by atoms with Crippen molar-refractivity contribution in [1.29, 1.82) is 0 Å². The highest BCUT2D eigenvalue weighted by molar-refractivity contribution is 7.47. The zero-order valence-electron chi connectivity index (χ0n) is 36.5. The lowest BCUT2D eigenvalue weighted by Crippen LogP contribution is -2.29. The molecule has 0 heterocycles. The van der Waals surface area contributed by atoms with E-state index >= 15 is 0 Å². The van der Waals surface area contributed by atoms with Crippen molar-refractivity contribution < 1.29 is 37.6 Å². The largest absolute Gasteiger partial charge is 0.472 e. The highest BCUT2D eigenvalue weighted by atomic mass is 31.2. The molecular formula is C47H87O8P. The van der Waals surface area contributed by atoms with Gasteiger partial charge in [-0.1, -0.05) is 179 Å². The zero-order chi connectivity index (χ0) is 41.1. The first-order valence-electron chi connectivity index (χ1n) is 23.2. The van der Waals surface area contributed by atoms with Crippen molar-refractivity contribution in [1.82, 2.24) is 0 Å². The van der Waals surface area contributed by atoms with Gasteiger partial charge < -0.3 is 14.4 Å². The van der Waals surface area contributed by atoms with E-state index in [4.69, 9.17) is 14.0 Å². The van der Waals surface area contributed by atoms with E-state index in [1.54, 1.807) is 0 Å². The van der Waals surface area contributed by atoms with E-state index in [0.717, 1.165) is 64.9 Å². The lowest BCUT2D eigenvalue weighted by atomic mass is 10.0. The maximum Gasteiger partial charge on any atom is 0.472 e. The van der Waals surface area contributed by atoms with Gasteiger partial charge in [0.05, 0.1) is 6.61 Å². The van der Waals surface area contributed by atoms with Crippen LogP contribution in [0.4, 0.5) is 0 Å². The first-order chi connectivity index (χ1) is 27.3. The minimum absolute atomic E-state index is 0.229. The summed E-state index contributed by atoms with van der Waals surface area (Å²) in [4.78, 5) is 34.5. The van der Waals surface area contributed by atoms with Crippen molar-refractivity contribution in [2.75, 3.05) is 20.3 Å². The molecule has 0 spiro atoms. The van der Waals surface area contributed by atoms with Gasteiger partial charge in [-0.05, 0) is 70.6 Å². The molecular weight excluding hydrogens is 723 g/mol. The maximum absolute atomic E-state index is 12.5. The summed E-state index contributed by atoms with van der Waals surface area (Å²) in [6.07, 6.45) is 50.6. The molecule has 0 saturated heterocycles. The zero-order valence-corrected chi connectivity index (χ0v) is 37.4. The fraction of sp³-hybridized carbons (Fsp3) is 0.830. The van der Waals surface area contributed by atoms with Crippen LogP contribution in [-0.4, -0.2) is 43.3 Å². The fourth-order valence-electron chi connectivity index (χ4n) is 6.51. The second-order valence-electron chi connectivity index (χ2n) is 15.5. The molecule has 9 heteroatoms. The number of unbranched alkanes of at least 4 members (excludes halogenated alkanes) is 26. The molecule has 2 unspecified atom stereocenters. The molecule has 0 amide bonds. The number of hydrogen-bond acceptors (Lipinski definition) is 7. The third-order valence-electron chi connectivity index (χ3n) is 10.1. The van der Waals surface area contributed by atoms with Crippen LogP contribution in [0.15, 0.2) is 36.5 Å². The van der Waals surface area contributed by atoms with Gasteiger partial charge >= 0.3 is 19.8 Å². The second-order valence-corrected chi connectivity index (χ2v) is 17.1. The number of hydrogen-bond donors (Lipinski definition) is 1. The van der Waals surface area contributed by atoms with E-state index in [2.05, 4.69) is 54.8 Å². The van der Waals surface area contributed by atoms with E-state index in [1.807, 2.05) is 0 Å². The Balaban J connectivity index is 3.93. The van der Waals surface area contributed by atoms with E-state index in [9.17, 15) is 19.0 Å². The molecule has 328 valence electrons. The Morgan fingerprint density at radius 1 is 0.500 bits per heavy atom. The summed E-state index contributed by atoms with van der Waals surface area (Å²) in [5, 5.41) is 0. The van der Waals surface area contributed by atoms with E-state index < -0.39 is 26.5 Å². The van der Waals surface area contributed by atoms with Crippen LogP contribution >= 0.6 is 7.82 Å². The quantitative estimate of drug-likeness (QED) is 0.0281. The monoisotopic (exact) mass is 811 g/mol. The van der Waals surface area contributed by atoms with Crippen LogP contribution < -0.4 is 0 Å². The topological polar surface area (TPSA) is 108 Å². The van der Waals surface area contributed by atoms with Gasteiger partial charge in [0.25, 0.3) is 0 Å². The first-order valence-corrected chi connectivity index (χ1v) is 24.7. The van der Waals surface area contributed by atoms with E-state index in [0.29, 0.717) is 6.42 Å². The normalized spacial score (nSPS) is 13.6. The summed E-state index contributed by atoms with van der Waals surface area (Å²) in [7, 11) is -3.20. The van der Waals surface area contributed by atoms with Gasteiger partial charge in [0.1, 0.15) is 6.61 Å². The predicted molar refractivity (Wildman–Crippen MR) is 235 cm³/mol. The van der Waals surface area contributed by atoms with Crippen LogP contribution in [0, 0.1) is 0 Å². The van der Waals surface area contributed by atoms with Gasteiger partial charge in [0.15, 0.2) is 6.10 Å². The van der Waals surface area contributed by atoms with Crippen LogP contribution in [0.25, 0.3) is 0 Å². The van der Waals surface area contributed by atoms with E-state index in [-0.39, 0.29) is 25.4 Å². The molecule has 0 rings (SSSR count). The molecule has 2 atom stereocenters. The Morgan fingerprint density at radius 2 is 0.857 bits per heavy atom. The summed E-state index contributed by atoms with van der Waals surface area (Å²) in [5.74, 6) is -0.811. The van der Waals surface area contributed by atoms with E-state index in [1.165, 1.54) is 135 Å². The molecule has 0 aromatic rings. The number of allylic oxidation sites excluding steroid dienone is 6. The SMILES string of the molecule is CCCCCCC/C=C\C/C=C\CCCCCCCCCCCCCC(=O)OC(COC(=O)CCCCCCC/C=C\CCCCCCC)COP(=O)(O)OC. The molecule has 0 aliphatic carbocycles. The Kier molecular flexibility index (Phi) is 41.5.